The number of carbonyl (C=O) groups is 1. The minimum atomic E-state index is -0.425. The van der Waals surface area contributed by atoms with Crippen LogP contribution in [0.1, 0.15) is 23.1 Å². The molecule has 2 aromatic heterocycles. The fourth-order valence-corrected chi connectivity index (χ4v) is 2.21. The SMILES string of the molecule is CCn1nc2ccc(F)cc2c1C(=O)c1ccc(O)cn1. The van der Waals surface area contributed by atoms with Gasteiger partial charge in [0.1, 0.15) is 23.0 Å². The Morgan fingerprint density at radius 2 is 2.14 bits per heavy atom. The Labute approximate surface area is 119 Å². The molecular weight excluding hydrogens is 273 g/mol. The van der Waals surface area contributed by atoms with E-state index in [1.54, 1.807) is 0 Å². The Bertz CT molecular complexity index is 825. The van der Waals surface area contributed by atoms with Gasteiger partial charge in [-0.2, -0.15) is 5.10 Å². The van der Waals surface area contributed by atoms with Gasteiger partial charge in [-0.05, 0) is 37.3 Å². The van der Waals surface area contributed by atoms with Gasteiger partial charge in [-0.3, -0.25) is 9.48 Å². The summed E-state index contributed by atoms with van der Waals surface area (Å²) < 4.78 is 15.0. The molecule has 3 rings (SSSR count). The van der Waals surface area contributed by atoms with Gasteiger partial charge in [-0.15, -0.1) is 0 Å². The summed E-state index contributed by atoms with van der Waals surface area (Å²) >= 11 is 0. The van der Waals surface area contributed by atoms with Gasteiger partial charge in [0.05, 0.1) is 11.7 Å². The van der Waals surface area contributed by atoms with Crippen molar-refractivity contribution in [3.05, 3.63) is 53.7 Å². The normalized spacial score (nSPS) is 11.0. The van der Waals surface area contributed by atoms with E-state index < -0.39 is 5.82 Å². The van der Waals surface area contributed by atoms with Crippen molar-refractivity contribution in [3.8, 4) is 5.75 Å². The standard InChI is InChI=1S/C15H12FN3O2/c1-2-19-14(11-7-9(16)3-5-12(11)18-19)15(21)13-6-4-10(20)8-17-13/h3-8,20H,2H2,1H3. The topological polar surface area (TPSA) is 68.0 Å². The number of rotatable bonds is 3. The van der Waals surface area contributed by atoms with Crippen LogP contribution in [0.2, 0.25) is 0 Å². The van der Waals surface area contributed by atoms with Crippen LogP contribution in [-0.4, -0.2) is 25.7 Å². The Morgan fingerprint density at radius 3 is 2.81 bits per heavy atom. The first-order valence-corrected chi connectivity index (χ1v) is 6.46. The van der Waals surface area contributed by atoms with Gasteiger partial charge in [0.25, 0.3) is 0 Å². The number of pyridine rings is 1. The molecule has 0 radical (unpaired) electrons. The highest BCUT2D eigenvalue weighted by Crippen LogP contribution is 2.22. The van der Waals surface area contributed by atoms with Crippen molar-refractivity contribution >= 4 is 16.7 Å². The highest BCUT2D eigenvalue weighted by molar-refractivity contribution is 6.14. The summed E-state index contributed by atoms with van der Waals surface area (Å²) in [5.74, 6) is -0.803. The molecule has 0 aliphatic rings. The summed E-state index contributed by atoms with van der Waals surface area (Å²) in [6.45, 7) is 2.33. The molecule has 0 aliphatic carbocycles. The molecule has 3 aromatic rings. The zero-order valence-electron chi connectivity index (χ0n) is 11.2. The van der Waals surface area contributed by atoms with E-state index >= 15 is 0 Å². The van der Waals surface area contributed by atoms with Gasteiger partial charge in [0.15, 0.2) is 0 Å². The van der Waals surface area contributed by atoms with E-state index in [-0.39, 0.29) is 17.2 Å². The van der Waals surface area contributed by atoms with Crippen molar-refractivity contribution in [2.75, 3.05) is 0 Å². The van der Waals surface area contributed by atoms with E-state index in [0.29, 0.717) is 23.1 Å². The summed E-state index contributed by atoms with van der Waals surface area (Å²) in [5, 5.41) is 14.0. The molecule has 0 amide bonds. The number of hydrogen-bond donors (Lipinski definition) is 1. The van der Waals surface area contributed by atoms with Crippen LogP contribution in [0.5, 0.6) is 5.75 Å². The molecule has 1 N–H and O–H groups in total. The third-order valence-corrected chi connectivity index (χ3v) is 3.20. The number of halogens is 1. The van der Waals surface area contributed by atoms with Crippen molar-refractivity contribution in [2.24, 2.45) is 0 Å². The van der Waals surface area contributed by atoms with Crippen LogP contribution in [0.15, 0.2) is 36.5 Å². The van der Waals surface area contributed by atoms with Gasteiger partial charge in [0, 0.05) is 11.9 Å². The van der Waals surface area contributed by atoms with Crippen molar-refractivity contribution < 1.29 is 14.3 Å². The van der Waals surface area contributed by atoms with Crippen LogP contribution < -0.4 is 0 Å². The van der Waals surface area contributed by atoms with E-state index in [9.17, 15) is 14.3 Å². The van der Waals surface area contributed by atoms with Crippen LogP contribution in [-0.2, 0) is 6.54 Å². The van der Waals surface area contributed by atoms with Crippen LogP contribution in [0.4, 0.5) is 4.39 Å². The molecule has 0 saturated carbocycles. The van der Waals surface area contributed by atoms with Gasteiger partial charge >= 0.3 is 0 Å². The number of carbonyl (C=O) groups excluding carboxylic acids is 1. The maximum absolute atomic E-state index is 13.5. The molecule has 0 spiro atoms. The summed E-state index contributed by atoms with van der Waals surface area (Å²) in [6.07, 6.45) is 1.20. The minimum absolute atomic E-state index is 0.0218. The third kappa shape index (κ3) is 2.24. The largest absolute Gasteiger partial charge is 0.506 e. The number of aromatic hydroxyl groups is 1. The number of aromatic nitrogens is 3. The number of nitrogens with zero attached hydrogens (tertiary/aromatic N) is 3. The quantitative estimate of drug-likeness (QED) is 0.751. The molecule has 5 nitrogen and oxygen atoms in total. The lowest BCUT2D eigenvalue weighted by Gasteiger charge is -2.04. The van der Waals surface area contributed by atoms with E-state index in [2.05, 4.69) is 10.1 Å². The molecule has 0 fully saturated rings. The zero-order valence-corrected chi connectivity index (χ0v) is 11.2. The second kappa shape index (κ2) is 4.97. The van der Waals surface area contributed by atoms with Gasteiger partial charge < -0.3 is 5.11 Å². The van der Waals surface area contributed by atoms with Crippen molar-refractivity contribution in [1.29, 1.82) is 0 Å². The number of hydrogen-bond acceptors (Lipinski definition) is 4. The molecule has 106 valence electrons. The summed E-state index contributed by atoms with van der Waals surface area (Å²) in [4.78, 5) is 16.5. The molecular formula is C15H12FN3O2. The Balaban J connectivity index is 2.20. The molecule has 6 heteroatoms. The fraction of sp³-hybridized carbons (Fsp3) is 0.133. The lowest BCUT2D eigenvalue weighted by Crippen LogP contribution is -2.12. The first-order valence-electron chi connectivity index (χ1n) is 6.46. The van der Waals surface area contributed by atoms with Crippen LogP contribution in [0.3, 0.4) is 0 Å². The predicted octanol–water partition coefficient (Wildman–Crippen LogP) is 2.53. The molecule has 2 heterocycles. The van der Waals surface area contributed by atoms with Crippen molar-refractivity contribution in [2.45, 2.75) is 13.5 Å². The summed E-state index contributed by atoms with van der Waals surface area (Å²) in [5.41, 5.74) is 1.03. The smallest absolute Gasteiger partial charge is 0.229 e. The monoisotopic (exact) mass is 285 g/mol. The van der Waals surface area contributed by atoms with Crippen molar-refractivity contribution in [3.63, 3.8) is 0 Å². The first-order chi connectivity index (χ1) is 10.1. The number of aryl methyl sites for hydroxylation is 1. The average Bonchev–Trinajstić information content (AvgIpc) is 2.85. The molecule has 21 heavy (non-hydrogen) atoms. The number of fused-ring (bicyclic) bond motifs is 1. The predicted molar refractivity (Wildman–Crippen MR) is 74.7 cm³/mol. The van der Waals surface area contributed by atoms with Crippen LogP contribution >= 0.6 is 0 Å². The fourth-order valence-electron chi connectivity index (χ4n) is 2.21. The van der Waals surface area contributed by atoms with Gasteiger partial charge in [-0.1, -0.05) is 0 Å². The van der Waals surface area contributed by atoms with Gasteiger partial charge in [-0.25, -0.2) is 9.37 Å². The van der Waals surface area contributed by atoms with E-state index in [1.165, 1.54) is 41.2 Å². The van der Waals surface area contributed by atoms with Crippen LogP contribution in [0.25, 0.3) is 10.9 Å². The summed E-state index contributed by atoms with van der Waals surface area (Å²) in [7, 11) is 0. The zero-order chi connectivity index (χ0) is 15.0. The highest BCUT2D eigenvalue weighted by Gasteiger charge is 2.20. The molecule has 0 unspecified atom stereocenters. The number of ketones is 1. The van der Waals surface area contributed by atoms with E-state index in [1.807, 2.05) is 6.92 Å². The van der Waals surface area contributed by atoms with E-state index in [4.69, 9.17) is 0 Å². The second-order valence-corrected chi connectivity index (χ2v) is 4.56. The molecule has 1 aromatic carbocycles. The number of benzene rings is 1. The average molecular weight is 285 g/mol. The molecule has 0 saturated heterocycles. The Kier molecular flexibility index (Phi) is 3.13. The lowest BCUT2D eigenvalue weighted by atomic mass is 10.1. The highest BCUT2D eigenvalue weighted by atomic mass is 19.1. The minimum Gasteiger partial charge on any atom is -0.506 e. The first kappa shape index (κ1) is 13.2. The third-order valence-electron chi connectivity index (χ3n) is 3.20. The maximum Gasteiger partial charge on any atom is 0.229 e. The van der Waals surface area contributed by atoms with Gasteiger partial charge in [0.2, 0.25) is 5.78 Å². The molecule has 0 aliphatic heterocycles. The molecule has 0 atom stereocenters. The van der Waals surface area contributed by atoms with Crippen LogP contribution in [0, 0.1) is 5.82 Å². The van der Waals surface area contributed by atoms with E-state index in [0.717, 1.165) is 0 Å². The Hall–Kier alpha value is -2.76. The maximum atomic E-state index is 13.5. The van der Waals surface area contributed by atoms with Crippen molar-refractivity contribution in [1.82, 2.24) is 14.8 Å². The second-order valence-electron chi connectivity index (χ2n) is 4.56. The lowest BCUT2D eigenvalue weighted by molar-refractivity contribution is 0.102. The molecule has 0 bridgehead atoms. The Morgan fingerprint density at radius 1 is 1.33 bits per heavy atom. The summed E-state index contributed by atoms with van der Waals surface area (Å²) in [6, 6.07) is 6.95.